The van der Waals surface area contributed by atoms with Gasteiger partial charge < -0.3 is 14.0 Å². The van der Waals surface area contributed by atoms with Crippen LogP contribution in [0.15, 0.2) is 24.3 Å². The number of ether oxygens (including phenoxy) is 1. The SMILES string of the molecule is COc1ccc(CCC[C@H](CCCCCCl)B2OC(C)(C)C(C)(C)O2)cc1. The Morgan fingerprint density at radius 2 is 1.52 bits per heavy atom. The maximum Gasteiger partial charge on any atom is 0.461 e. The summed E-state index contributed by atoms with van der Waals surface area (Å²) < 4.78 is 17.9. The molecule has 2 rings (SSSR count). The molecule has 1 fully saturated rings. The lowest BCUT2D eigenvalue weighted by Gasteiger charge is -2.32. The number of unbranched alkanes of at least 4 members (excludes halogenated alkanes) is 2. The van der Waals surface area contributed by atoms with E-state index in [1.54, 1.807) is 7.11 Å². The van der Waals surface area contributed by atoms with E-state index in [2.05, 4.69) is 39.8 Å². The first-order chi connectivity index (χ1) is 12.8. The van der Waals surface area contributed by atoms with E-state index in [4.69, 9.17) is 25.6 Å². The van der Waals surface area contributed by atoms with Crippen molar-refractivity contribution in [1.82, 2.24) is 0 Å². The molecule has 1 saturated heterocycles. The molecular weight excluding hydrogens is 359 g/mol. The van der Waals surface area contributed by atoms with Crippen LogP contribution in [-0.2, 0) is 15.7 Å². The lowest BCUT2D eigenvalue weighted by Crippen LogP contribution is -2.41. The normalized spacial score (nSPS) is 19.3. The molecule has 0 saturated carbocycles. The Labute approximate surface area is 171 Å². The van der Waals surface area contributed by atoms with Crippen LogP contribution in [0.25, 0.3) is 0 Å². The minimum atomic E-state index is -0.262. The Hall–Kier alpha value is -0.705. The Morgan fingerprint density at radius 3 is 2.07 bits per heavy atom. The van der Waals surface area contributed by atoms with Gasteiger partial charge in [-0.3, -0.25) is 0 Å². The topological polar surface area (TPSA) is 27.7 Å². The fraction of sp³-hybridized carbons (Fsp3) is 0.727. The standard InChI is InChI=1S/C22H36BClO3/c1-21(2)22(3,4)27-23(26-21)19(11-7-6-8-17-24)12-9-10-18-13-15-20(25-5)16-14-18/h13-16,19H,6-12,17H2,1-5H3/t19-/m0/s1. The Morgan fingerprint density at radius 1 is 0.926 bits per heavy atom. The van der Waals surface area contributed by atoms with Gasteiger partial charge >= 0.3 is 7.12 Å². The smallest absolute Gasteiger partial charge is 0.461 e. The largest absolute Gasteiger partial charge is 0.497 e. The van der Waals surface area contributed by atoms with Crippen molar-refractivity contribution in [3.05, 3.63) is 29.8 Å². The van der Waals surface area contributed by atoms with Gasteiger partial charge in [0.05, 0.1) is 18.3 Å². The van der Waals surface area contributed by atoms with E-state index in [1.165, 1.54) is 18.4 Å². The summed E-state index contributed by atoms with van der Waals surface area (Å²) >= 11 is 5.83. The zero-order valence-electron chi connectivity index (χ0n) is 17.7. The van der Waals surface area contributed by atoms with Crippen LogP contribution in [-0.4, -0.2) is 31.3 Å². The Balaban J connectivity index is 1.91. The quantitative estimate of drug-likeness (QED) is 0.251. The van der Waals surface area contributed by atoms with Crippen molar-refractivity contribution < 1.29 is 14.0 Å². The number of alkyl halides is 1. The second-order valence-electron chi connectivity index (χ2n) is 8.66. The Bertz CT molecular complexity index is 543. The fourth-order valence-electron chi connectivity index (χ4n) is 3.54. The second kappa shape index (κ2) is 10.2. The van der Waals surface area contributed by atoms with E-state index in [-0.39, 0.29) is 18.3 Å². The van der Waals surface area contributed by atoms with E-state index >= 15 is 0 Å². The highest BCUT2D eigenvalue weighted by Gasteiger charge is 2.53. The van der Waals surface area contributed by atoms with Gasteiger partial charge in [0.1, 0.15) is 5.75 Å². The monoisotopic (exact) mass is 394 g/mol. The zero-order chi connectivity index (χ0) is 19.9. The number of rotatable bonds is 11. The van der Waals surface area contributed by atoms with E-state index in [9.17, 15) is 0 Å². The van der Waals surface area contributed by atoms with E-state index in [0.717, 1.165) is 43.7 Å². The lowest BCUT2D eigenvalue weighted by atomic mass is 9.66. The van der Waals surface area contributed by atoms with Gasteiger partial charge in [-0.1, -0.05) is 37.8 Å². The van der Waals surface area contributed by atoms with Gasteiger partial charge in [-0.2, -0.15) is 0 Å². The molecule has 0 radical (unpaired) electrons. The number of aryl methyl sites for hydroxylation is 1. The average molecular weight is 395 g/mol. The molecule has 0 amide bonds. The molecule has 27 heavy (non-hydrogen) atoms. The molecule has 0 N–H and O–H groups in total. The van der Waals surface area contributed by atoms with E-state index < -0.39 is 0 Å². The van der Waals surface area contributed by atoms with Crippen LogP contribution in [0.1, 0.15) is 71.8 Å². The summed E-state index contributed by atoms with van der Waals surface area (Å²) in [4.78, 5) is 0. The summed E-state index contributed by atoms with van der Waals surface area (Å²) in [6, 6.07) is 8.38. The molecule has 0 bridgehead atoms. The Kier molecular flexibility index (Phi) is 8.52. The molecule has 1 aliphatic rings. The van der Waals surface area contributed by atoms with Crippen LogP contribution in [0.2, 0.25) is 5.82 Å². The van der Waals surface area contributed by atoms with Crippen LogP contribution < -0.4 is 4.74 Å². The van der Waals surface area contributed by atoms with Crippen molar-refractivity contribution in [3.8, 4) is 5.75 Å². The molecule has 0 unspecified atom stereocenters. The molecule has 152 valence electrons. The predicted octanol–water partition coefficient (Wildman–Crippen LogP) is 6.28. The van der Waals surface area contributed by atoms with Gasteiger partial charge in [0.25, 0.3) is 0 Å². The summed E-state index contributed by atoms with van der Waals surface area (Å²) in [5, 5.41) is 0. The third-order valence-corrected chi connectivity index (χ3v) is 6.33. The zero-order valence-corrected chi connectivity index (χ0v) is 18.5. The number of benzene rings is 1. The molecule has 0 aliphatic carbocycles. The maximum atomic E-state index is 6.35. The van der Waals surface area contributed by atoms with Crippen LogP contribution in [0, 0.1) is 0 Å². The summed E-state index contributed by atoms with van der Waals surface area (Å²) in [6.07, 6.45) is 7.91. The summed E-state index contributed by atoms with van der Waals surface area (Å²) in [6.45, 7) is 8.54. The van der Waals surface area contributed by atoms with Crippen molar-refractivity contribution in [1.29, 1.82) is 0 Å². The van der Waals surface area contributed by atoms with Crippen molar-refractivity contribution >= 4 is 18.7 Å². The molecule has 1 atom stereocenters. The van der Waals surface area contributed by atoms with Gasteiger partial charge in [0.15, 0.2) is 0 Å². The molecule has 0 spiro atoms. The van der Waals surface area contributed by atoms with E-state index in [1.807, 2.05) is 12.1 Å². The van der Waals surface area contributed by atoms with E-state index in [0.29, 0.717) is 5.82 Å². The third kappa shape index (κ3) is 6.40. The molecule has 1 aliphatic heterocycles. The van der Waals surface area contributed by atoms with Gasteiger partial charge in [0, 0.05) is 5.88 Å². The van der Waals surface area contributed by atoms with Crippen LogP contribution in [0.3, 0.4) is 0 Å². The van der Waals surface area contributed by atoms with Crippen molar-refractivity contribution in [3.63, 3.8) is 0 Å². The van der Waals surface area contributed by atoms with Gasteiger partial charge in [-0.15, -0.1) is 11.6 Å². The van der Waals surface area contributed by atoms with Crippen LogP contribution in [0.5, 0.6) is 5.75 Å². The summed E-state index contributed by atoms with van der Waals surface area (Å²) in [5.41, 5.74) is 0.829. The molecule has 3 nitrogen and oxygen atoms in total. The average Bonchev–Trinajstić information content (AvgIpc) is 2.85. The number of hydrogen-bond donors (Lipinski definition) is 0. The summed E-state index contributed by atoms with van der Waals surface area (Å²) in [7, 11) is 1.59. The number of halogens is 1. The highest BCUT2D eigenvalue weighted by atomic mass is 35.5. The first kappa shape index (κ1) is 22.6. The summed E-state index contributed by atoms with van der Waals surface area (Å²) in [5.74, 6) is 2.09. The number of hydrogen-bond acceptors (Lipinski definition) is 3. The van der Waals surface area contributed by atoms with Gasteiger partial charge in [-0.05, 0) is 70.5 Å². The third-order valence-electron chi connectivity index (χ3n) is 6.06. The lowest BCUT2D eigenvalue weighted by molar-refractivity contribution is 0.00578. The molecule has 1 heterocycles. The van der Waals surface area contributed by atoms with Crippen LogP contribution in [0.4, 0.5) is 0 Å². The number of methoxy groups -OCH3 is 1. The molecule has 0 aromatic heterocycles. The first-order valence-corrected chi connectivity index (χ1v) is 10.9. The molecule has 5 heteroatoms. The first-order valence-electron chi connectivity index (χ1n) is 10.3. The van der Waals surface area contributed by atoms with Crippen molar-refractivity contribution in [2.45, 2.75) is 89.7 Å². The fourth-order valence-corrected chi connectivity index (χ4v) is 3.72. The second-order valence-corrected chi connectivity index (χ2v) is 9.04. The van der Waals surface area contributed by atoms with Gasteiger partial charge in [-0.25, -0.2) is 0 Å². The molecule has 1 aromatic carbocycles. The molecule has 1 aromatic rings. The molecular formula is C22H36BClO3. The van der Waals surface area contributed by atoms with Crippen molar-refractivity contribution in [2.24, 2.45) is 0 Å². The predicted molar refractivity (Wildman–Crippen MR) is 115 cm³/mol. The van der Waals surface area contributed by atoms with Crippen molar-refractivity contribution in [2.75, 3.05) is 13.0 Å². The highest BCUT2D eigenvalue weighted by Crippen LogP contribution is 2.42. The van der Waals surface area contributed by atoms with Gasteiger partial charge in [0.2, 0.25) is 0 Å². The minimum absolute atomic E-state index is 0.109. The van der Waals surface area contributed by atoms with Crippen LogP contribution >= 0.6 is 11.6 Å². The highest BCUT2D eigenvalue weighted by molar-refractivity contribution is 6.47. The minimum Gasteiger partial charge on any atom is -0.497 e. The maximum absolute atomic E-state index is 6.35.